The number of benzene rings is 2. The van der Waals surface area contributed by atoms with Gasteiger partial charge in [0, 0.05) is 11.4 Å². The second-order valence-corrected chi connectivity index (χ2v) is 5.15. The highest BCUT2D eigenvalue weighted by Crippen LogP contribution is 2.15. The van der Waals surface area contributed by atoms with Gasteiger partial charge >= 0.3 is 6.09 Å². The van der Waals surface area contributed by atoms with Gasteiger partial charge in [-0.3, -0.25) is 0 Å². The Balaban J connectivity index is 1.77. The van der Waals surface area contributed by atoms with E-state index in [9.17, 15) is 4.79 Å². The third-order valence-corrected chi connectivity index (χ3v) is 3.51. The molecule has 0 aliphatic rings. The minimum Gasteiger partial charge on any atom is -0.445 e. The van der Waals surface area contributed by atoms with Crippen molar-refractivity contribution in [1.82, 2.24) is 5.32 Å². The number of hydrogen-bond donors (Lipinski definition) is 1. The first-order valence-corrected chi connectivity index (χ1v) is 7.58. The topological polar surface area (TPSA) is 38.3 Å². The molecule has 20 heavy (non-hydrogen) atoms. The lowest BCUT2D eigenvalue weighted by Crippen LogP contribution is -2.23. The summed E-state index contributed by atoms with van der Waals surface area (Å²) in [5.41, 5.74) is 2.04. The van der Waals surface area contributed by atoms with Gasteiger partial charge < -0.3 is 10.1 Å². The second-order valence-electron chi connectivity index (χ2n) is 4.27. The van der Waals surface area contributed by atoms with Crippen molar-refractivity contribution in [2.75, 3.05) is 6.26 Å². The fraction of sp³-hybridized carbons (Fsp3) is 0.188. The van der Waals surface area contributed by atoms with Crippen LogP contribution in [0.3, 0.4) is 0 Å². The zero-order valence-electron chi connectivity index (χ0n) is 11.3. The first-order chi connectivity index (χ1) is 9.78. The van der Waals surface area contributed by atoms with E-state index in [1.54, 1.807) is 11.8 Å². The lowest BCUT2D eigenvalue weighted by atomic mass is 10.2. The number of thioether (sulfide) groups is 1. The normalized spacial score (nSPS) is 10.1. The number of carbonyl (C=O) groups is 1. The molecule has 2 aromatic rings. The molecule has 4 heteroatoms. The Morgan fingerprint density at radius 1 is 1.10 bits per heavy atom. The minimum atomic E-state index is -0.400. The van der Waals surface area contributed by atoms with Gasteiger partial charge in [0.15, 0.2) is 0 Å². The highest BCUT2D eigenvalue weighted by molar-refractivity contribution is 7.98. The van der Waals surface area contributed by atoms with Crippen LogP contribution in [-0.4, -0.2) is 12.3 Å². The summed E-state index contributed by atoms with van der Waals surface area (Å²) in [6.45, 7) is 0.763. The third-order valence-electron chi connectivity index (χ3n) is 2.78. The van der Waals surface area contributed by atoms with E-state index in [1.807, 2.05) is 54.8 Å². The van der Waals surface area contributed by atoms with E-state index < -0.39 is 6.09 Å². The van der Waals surface area contributed by atoms with E-state index in [1.165, 1.54) is 4.90 Å². The quantitative estimate of drug-likeness (QED) is 0.849. The molecule has 0 atom stereocenters. The smallest absolute Gasteiger partial charge is 0.407 e. The Morgan fingerprint density at radius 2 is 1.85 bits per heavy atom. The molecule has 1 amide bonds. The average Bonchev–Trinajstić information content (AvgIpc) is 2.52. The second kappa shape index (κ2) is 7.60. The van der Waals surface area contributed by atoms with Gasteiger partial charge in [-0.25, -0.2) is 4.79 Å². The van der Waals surface area contributed by atoms with Crippen molar-refractivity contribution in [2.45, 2.75) is 18.0 Å². The van der Waals surface area contributed by atoms with Crippen LogP contribution in [-0.2, 0) is 17.9 Å². The summed E-state index contributed by atoms with van der Waals surface area (Å²) in [6, 6.07) is 17.7. The van der Waals surface area contributed by atoms with Crippen molar-refractivity contribution in [3.05, 3.63) is 65.7 Å². The van der Waals surface area contributed by atoms with Gasteiger partial charge in [0.25, 0.3) is 0 Å². The zero-order valence-corrected chi connectivity index (χ0v) is 12.2. The van der Waals surface area contributed by atoms with Crippen LogP contribution >= 0.6 is 11.8 Å². The van der Waals surface area contributed by atoms with Crippen LogP contribution in [0.2, 0.25) is 0 Å². The SMILES string of the molecule is CSc1cccc(CNC(=O)OCc2ccccc2)c1. The fourth-order valence-electron chi connectivity index (χ4n) is 1.73. The maximum Gasteiger partial charge on any atom is 0.407 e. The first kappa shape index (κ1) is 14.5. The molecule has 3 nitrogen and oxygen atoms in total. The van der Waals surface area contributed by atoms with E-state index in [0.29, 0.717) is 6.54 Å². The molecule has 0 radical (unpaired) electrons. The van der Waals surface area contributed by atoms with Crippen LogP contribution in [0, 0.1) is 0 Å². The Labute approximate surface area is 123 Å². The van der Waals surface area contributed by atoms with E-state index >= 15 is 0 Å². The molecule has 0 aliphatic heterocycles. The van der Waals surface area contributed by atoms with Crippen LogP contribution in [0.25, 0.3) is 0 Å². The summed E-state index contributed by atoms with van der Waals surface area (Å²) in [6.07, 6.45) is 1.63. The summed E-state index contributed by atoms with van der Waals surface area (Å²) in [5.74, 6) is 0. The third kappa shape index (κ3) is 4.63. The molecule has 0 saturated carbocycles. The summed E-state index contributed by atoms with van der Waals surface area (Å²) in [7, 11) is 0. The van der Waals surface area contributed by atoms with Gasteiger partial charge in [-0.15, -0.1) is 11.8 Å². The van der Waals surface area contributed by atoms with Crippen molar-refractivity contribution >= 4 is 17.9 Å². The average molecular weight is 287 g/mol. The molecule has 0 aromatic heterocycles. The Kier molecular flexibility index (Phi) is 5.50. The summed E-state index contributed by atoms with van der Waals surface area (Å²) >= 11 is 1.68. The molecule has 1 N–H and O–H groups in total. The van der Waals surface area contributed by atoms with Gasteiger partial charge in [-0.05, 0) is 29.5 Å². The van der Waals surface area contributed by atoms with Gasteiger partial charge in [-0.1, -0.05) is 42.5 Å². The molecule has 0 saturated heterocycles. The first-order valence-electron chi connectivity index (χ1n) is 6.35. The molecule has 0 bridgehead atoms. The van der Waals surface area contributed by atoms with Gasteiger partial charge in [-0.2, -0.15) is 0 Å². The van der Waals surface area contributed by atoms with Gasteiger partial charge in [0.05, 0.1) is 0 Å². The molecule has 0 fully saturated rings. The molecule has 0 unspecified atom stereocenters. The largest absolute Gasteiger partial charge is 0.445 e. The Hall–Kier alpha value is -1.94. The van der Waals surface area contributed by atoms with Crippen LogP contribution in [0.5, 0.6) is 0 Å². The van der Waals surface area contributed by atoms with Crippen molar-refractivity contribution in [2.24, 2.45) is 0 Å². The number of alkyl carbamates (subject to hydrolysis) is 1. The highest BCUT2D eigenvalue weighted by Gasteiger charge is 2.03. The molecule has 0 spiro atoms. The monoisotopic (exact) mass is 287 g/mol. The fourth-order valence-corrected chi connectivity index (χ4v) is 2.21. The predicted molar refractivity (Wildman–Crippen MR) is 81.7 cm³/mol. The van der Waals surface area contributed by atoms with E-state index in [-0.39, 0.29) is 6.61 Å². The van der Waals surface area contributed by atoms with Crippen LogP contribution < -0.4 is 5.32 Å². The lowest BCUT2D eigenvalue weighted by Gasteiger charge is -2.08. The Morgan fingerprint density at radius 3 is 2.60 bits per heavy atom. The van der Waals surface area contributed by atoms with Crippen molar-refractivity contribution < 1.29 is 9.53 Å². The summed E-state index contributed by atoms with van der Waals surface area (Å²) < 4.78 is 5.15. The molecule has 2 aromatic carbocycles. The van der Waals surface area contributed by atoms with Gasteiger partial charge in [0.2, 0.25) is 0 Å². The maximum absolute atomic E-state index is 11.6. The molecular weight excluding hydrogens is 270 g/mol. The zero-order chi connectivity index (χ0) is 14.2. The number of ether oxygens (including phenoxy) is 1. The molecule has 2 rings (SSSR count). The van der Waals surface area contributed by atoms with E-state index in [0.717, 1.165) is 11.1 Å². The number of hydrogen-bond acceptors (Lipinski definition) is 3. The maximum atomic E-state index is 11.6. The van der Waals surface area contributed by atoms with Crippen molar-refractivity contribution in [3.63, 3.8) is 0 Å². The standard InChI is InChI=1S/C16H17NO2S/c1-20-15-9-5-8-14(10-15)11-17-16(18)19-12-13-6-3-2-4-7-13/h2-10H,11-12H2,1H3,(H,17,18). The summed E-state index contributed by atoms with van der Waals surface area (Å²) in [4.78, 5) is 12.8. The van der Waals surface area contributed by atoms with Crippen LogP contribution in [0.4, 0.5) is 4.79 Å². The van der Waals surface area contributed by atoms with E-state index in [4.69, 9.17) is 4.74 Å². The number of amides is 1. The highest BCUT2D eigenvalue weighted by atomic mass is 32.2. The summed E-state index contributed by atoms with van der Waals surface area (Å²) in [5, 5.41) is 2.75. The number of rotatable bonds is 5. The van der Waals surface area contributed by atoms with Crippen LogP contribution in [0.1, 0.15) is 11.1 Å². The van der Waals surface area contributed by atoms with Gasteiger partial charge in [0.1, 0.15) is 6.61 Å². The molecular formula is C16H17NO2S. The number of carbonyl (C=O) groups excluding carboxylic acids is 1. The minimum absolute atomic E-state index is 0.289. The van der Waals surface area contributed by atoms with Crippen LogP contribution in [0.15, 0.2) is 59.5 Å². The molecule has 0 heterocycles. The lowest BCUT2D eigenvalue weighted by molar-refractivity contribution is 0.139. The van der Waals surface area contributed by atoms with Crippen molar-refractivity contribution in [3.8, 4) is 0 Å². The van der Waals surface area contributed by atoms with Crippen molar-refractivity contribution in [1.29, 1.82) is 0 Å². The predicted octanol–water partition coefficient (Wildman–Crippen LogP) is 3.83. The number of nitrogens with one attached hydrogen (secondary N) is 1. The Bertz CT molecular complexity index is 557. The molecule has 0 aliphatic carbocycles. The van der Waals surface area contributed by atoms with E-state index in [2.05, 4.69) is 11.4 Å². The molecule has 104 valence electrons.